The van der Waals surface area contributed by atoms with Gasteiger partial charge in [0.05, 0.1) is 16.3 Å². The molecule has 4 rings (SSSR count). The van der Waals surface area contributed by atoms with E-state index in [2.05, 4.69) is 9.97 Å². The number of non-ortho nitro benzene ring substituents is 1. The molecule has 5 nitrogen and oxygen atoms in total. The van der Waals surface area contributed by atoms with E-state index >= 15 is 0 Å². The van der Waals surface area contributed by atoms with Crippen molar-refractivity contribution < 1.29 is 4.92 Å². The number of hydrogen-bond donors (Lipinski definition) is 0. The summed E-state index contributed by atoms with van der Waals surface area (Å²) in [4.78, 5) is 19.8. The topological polar surface area (TPSA) is 68.9 Å². The Labute approximate surface area is 163 Å². The van der Waals surface area contributed by atoms with Crippen molar-refractivity contribution in [1.29, 1.82) is 0 Å². The molecule has 0 saturated carbocycles. The maximum atomic E-state index is 11.2. The minimum absolute atomic E-state index is 0.00133. The fourth-order valence-electron chi connectivity index (χ4n) is 2.65. The number of thiazole rings is 1. The molecule has 132 valence electrons. The summed E-state index contributed by atoms with van der Waals surface area (Å²) >= 11 is 7.45. The van der Waals surface area contributed by atoms with Crippen LogP contribution in [0.5, 0.6) is 0 Å². The molecule has 2 aromatic carbocycles. The predicted octanol–water partition coefficient (Wildman–Crippen LogP) is 6.09. The molecule has 0 aliphatic carbocycles. The Hall–Kier alpha value is -3.09. The van der Waals surface area contributed by atoms with Crippen LogP contribution in [0.1, 0.15) is 11.4 Å². The van der Waals surface area contributed by atoms with Crippen LogP contribution in [0.25, 0.3) is 33.6 Å². The third-order valence-electron chi connectivity index (χ3n) is 3.96. The number of nitro groups is 1. The maximum Gasteiger partial charge on any atom is 0.295 e. The average Bonchev–Trinajstić information content (AvgIpc) is 3.15. The first-order valence-corrected chi connectivity index (χ1v) is 9.30. The fraction of sp³-hybridized carbons (Fsp3) is 0. The second-order valence-electron chi connectivity index (χ2n) is 5.76. The third kappa shape index (κ3) is 3.72. The Morgan fingerprint density at radius 3 is 2.52 bits per heavy atom. The van der Waals surface area contributed by atoms with E-state index in [1.54, 1.807) is 12.1 Å². The van der Waals surface area contributed by atoms with Crippen molar-refractivity contribution in [2.75, 3.05) is 0 Å². The van der Waals surface area contributed by atoms with E-state index in [-0.39, 0.29) is 5.69 Å². The molecule has 0 spiro atoms. The van der Waals surface area contributed by atoms with Gasteiger partial charge in [-0.05, 0) is 30.4 Å². The SMILES string of the molecule is O=[N+]([O-])c1cccc2ccc(/C=C/c3csc(-c4ccc(Cl)cc4)n3)nc12. The first-order chi connectivity index (χ1) is 13.1. The number of benzene rings is 2. The highest BCUT2D eigenvalue weighted by Crippen LogP contribution is 2.27. The zero-order valence-corrected chi connectivity index (χ0v) is 15.4. The lowest BCUT2D eigenvalue weighted by atomic mass is 10.1. The normalized spacial score (nSPS) is 11.3. The molecule has 0 aliphatic heterocycles. The van der Waals surface area contributed by atoms with E-state index in [0.717, 1.165) is 21.7 Å². The van der Waals surface area contributed by atoms with Gasteiger partial charge in [-0.2, -0.15) is 0 Å². The quantitative estimate of drug-likeness (QED) is 0.310. The van der Waals surface area contributed by atoms with Gasteiger partial charge in [0.1, 0.15) is 10.5 Å². The Bertz CT molecular complexity index is 1170. The van der Waals surface area contributed by atoms with Crippen molar-refractivity contribution in [2.45, 2.75) is 0 Å². The number of aromatic nitrogens is 2. The number of halogens is 1. The smallest absolute Gasteiger partial charge is 0.258 e. The second-order valence-corrected chi connectivity index (χ2v) is 7.05. The van der Waals surface area contributed by atoms with Gasteiger partial charge < -0.3 is 0 Å². The van der Waals surface area contributed by atoms with Gasteiger partial charge in [0.2, 0.25) is 0 Å². The van der Waals surface area contributed by atoms with Crippen molar-refractivity contribution in [3.8, 4) is 10.6 Å². The van der Waals surface area contributed by atoms with Gasteiger partial charge in [-0.25, -0.2) is 9.97 Å². The van der Waals surface area contributed by atoms with E-state index in [1.807, 2.05) is 53.9 Å². The predicted molar refractivity (Wildman–Crippen MR) is 110 cm³/mol. The highest BCUT2D eigenvalue weighted by Gasteiger charge is 2.12. The lowest BCUT2D eigenvalue weighted by Crippen LogP contribution is -1.92. The van der Waals surface area contributed by atoms with Gasteiger partial charge in [0.25, 0.3) is 5.69 Å². The summed E-state index contributed by atoms with van der Waals surface area (Å²) in [6.45, 7) is 0. The van der Waals surface area contributed by atoms with Crippen LogP contribution in [0.4, 0.5) is 5.69 Å². The Morgan fingerprint density at radius 1 is 0.963 bits per heavy atom. The van der Waals surface area contributed by atoms with E-state index in [9.17, 15) is 10.1 Å². The van der Waals surface area contributed by atoms with Crippen LogP contribution in [-0.4, -0.2) is 14.9 Å². The number of hydrogen-bond acceptors (Lipinski definition) is 5. The van der Waals surface area contributed by atoms with Gasteiger partial charge >= 0.3 is 0 Å². The maximum absolute atomic E-state index is 11.2. The van der Waals surface area contributed by atoms with E-state index in [0.29, 0.717) is 16.2 Å². The van der Waals surface area contributed by atoms with E-state index < -0.39 is 4.92 Å². The van der Waals surface area contributed by atoms with Crippen LogP contribution < -0.4 is 0 Å². The molecule has 0 unspecified atom stereocenters. The summed E-state index contributed by atoms with van der Waals surface area (Å²) in [5.74, 6) is 0. The molecular formula is C20H12ClN3O2S. The molecule has 0 fully saturated rings. The number of pyridine rings is 1. The van der Waals surface area contributed by atoms with Gasteiger partial charge in [0, 0.05) is 27.4 Å². The summed E-state index contributed by atoms with van der Waals surface area (Å²) in [6.07, 6.45) is 3.65. The van der Waals surface area contributed by atoms with Crippen LogP contribution in [0, 0.1) is 10.1 Å². The second kappa shape index (κ2) is 7.26. The molecule has 0 radical (unpaired) electrons. The molecule has 4 aromatic rings. The number of nitro benzene ring substituents is 1. The van der Waals surface area contributed by atoms with Crippen molar-refractivity contribution in [3.63, 3.8) is 0 Å². The lowest BCUT2D eigenvalue weighted by Gasteiger charge is -2.00. The molecule has 0 N–H and O–H groups in total. The summed E-state index contributed by atoms with van der Waals surface area (Å²) < 4.78 is 0. The van der Waals surface area contributed by atoms with Gasteiger partial charge in [-0.1, -0.05) is 41.9 Å². The van der Waals surface area contributed by atoms with Crippen molar-refractivity contribution in [2.24, 2.45) is 0 Å². The summed E-state index contributed by atoms with van der Waals surface area (Å²) in [6, 6.07) is 16.1. The summed E-state index contributed by atoms with van der Waals surface area (Å²) in [7, 11) is 0. The van der Waals surface area contributed by atoms with Crippen molar-refractivity contribution >= 4 is 51.7 Å². The minimum Gasteiger partial charge on any atom is -0.258 e. The van der Waals surface area contributed by atoms with Crippen molar-refractivity contribution in [1.82, 2.24) is 9.97 Å². The molecule has 0 saturated heterocycles. The van der Waals surface area contributed by atoms with E-state index in [1.165, 1.54) is 17.4 Å². The number of para-hydroxylation sites is 1. The lowest BCUT2D eigenvalue weighted by molar-refractivity contribution is -0.383. The molecule has 7 heteroatoms. The standard InChI is InChI=1S/C20H12ClN3O2S/c21-15-7-4-14(5-8-15)20-23-17(12-27-20)11-10-16-9-6-13-2-1-3-18(24(25)26)19(13)22-16/h1-12H/b11-10+. The molecule has 0 atom stereocenters. The molecule has 27 heavy (non-hydrogen) atoms. The first-order valence-electron chi connectivity index (χ1n) is 8.04. The molecule has 2 heterocycles. The molecule has 0 aliphatic rings. The largest absolute Gasteiger partial charge is 0.295 e. The van der Waals surface area contributed by atoms with Crippen LogP contribution in [-0.2, 0) is 0 Å². The molecule has 2 aromatic heterocycles. The zero-order valence-electron chi connectivity index (χ0n) is 13.9. The number of nitrogens with zero attached hydrogens (tertiary/aromatic N) is 3. The van der Waals surface area contributed by atoms with Gasteiger partial charge in [-0.15, -0.1) is 11.3 Å². The molecular weight excluding hydrogens is 382 g/mol. The molecule has 0 bridgehead atoms. The van der Waals surface area contributed by atoms with Gasteiger partial charge in [-0.3, -0.25) is 10.1 Å². The van der Waals surface area contributed by atoms with Gasteiger partial charge in [0.15, 0.2) is 0 Å². The summed E-state index contributed by atoms with van der Waals surface area (Å²) in [5, 5.41) is 15.5. The van der Waals surface area contributed by atoms with Crippen LogP contribution in [0.3, 0.4) is 0 Å². The van der Waals surface area contributed by atoms with Crippen LogP contribution in [0.15, 0.2) is 60.0 Å². The number of fused-ring (bicyclic) bond motifs is 1. The monoisotopic (exact) mass is 393 g/mol. The Morgan fingerprint density at radius 2 is 1.74 bits per heavy atom. The molecule has 0 amide bonds. The summed E-state index contributed by atoms with van der Waals surface area (Å²) in [5.41, 5.74) is 2.82. The van der Waals surface area contributed by atoms with E-state index in [4.69, 9.17) is 11.6 Å². The number of rotatable bonds is 4. The zero-order chi connectivity index (χ0) is 18.8. The first kappa shape index (κ1) is 17.3. The Kier molecular flexibility index (Phi) is 4.66. The Balaban J connectivity index is 1.62. The van der Waals surface area contributed by atoms with Crippen molar-refractivity contribution in [3.05, 3.63) is 86.5 Å². The van der Waals surface area contributed by atoms with Crippen LogP contribution in [0.2, 0.25) is 5.02 Å². The average molecular weight is 394 g/mol. The third-order valence-corrected chi connectivity index (χ3v) is 5.12. The minimum atomic E-state index is -0.415. The highest BCUT2D eigenvalue weighted by atomic mass is 35.5. The fourth-order valence-corrected chi connectivity index (χ4v) is 3.57. The van der Waals surface area contributed by atoms with Crippen LogP contribution >= 0.6 is 22.9 Å². The highest BCUT2D eigenvalue weighted by molar-refractivity contribution is 7.13.